The summed E-state index contributed by atoms with van der Waals surface area (Å²) in [5.74, 6) is 0.421. The van der Waals surface area contributed by atoms with E-state index in [9.17, 15) is 9.90 Å². The molecular formula is C14H13ClN2O4. The summed E-state index contributed by atoms with van der Waals surface area (Å²) < 4.78 is 10.1. The van der Waals surface area contributed by atoms with E-state index in [1.807, 2.05) is 0 Å². The zero-order chi connectivity index (χ0) is 15.4. The van der Waals surface area contributed by atoms with Crippen LogP contribution in [0.1, 0.15) is 21.9 Å². The summed E-state index contributed by atoms with van der Waals surface area (Å²) in [5, 5.41) is 13.5. The number of phenolic OH excluding ortho intramolecular Hbond substituents is 1. The Morgan fingerprint density at radius 3 is 2.86 bits per heavy atom. The molecule has 2 rings (SSSR count). The summed E-state index contributed by atoms with van der Waals surface area (Å²) in [6, 6.07) is 6.27. The topological polar surface area (TPSA) is 84.1 Å². The number of carbonyl (C=O) groups is 1. The Bertz CT molecular complexity index is 694. The average molecular weight is 309 g/mol. The summed E-state index contributed by atoms with van der Waals surface area (Å²) >= 11 is 5.84. The number of amides is 1. The van der Waals surface area contributed by atoms with Crippen molar-refractivity contribution < 1.29 is 19.1 Å². The second-order valence-electron chi connectivity index (χ2n) is 4.16. The van der Waals surface area contributed by atoms with Gasteiger partial charge in [-0.15, -0.1) is 0 Å². The highest BCUT2D eigenvalue weighted by Gasteiger charge is 2.09. The van der Waals surface area contributed by atoms with Crippen molar-refractivity contribution in [2.75, 3.05) is 7.11 Å². The van der Waals surface area contributed by atoms with Crippen LogP contribution >= 0.6 is 11.6 Å². The minimum atomic E-state index is -0.462. The van der Waals surface area contributed by atoms with Gasteiger partial charge >= 0.3 is 5.91 Å². The van der Waals surface area contributed by atoms with Crippen LogP contribution in [0, 0.1) is 6.92 Å². The number of aromatic hydroxyl groups is 1. The number of nitrogens with zero attached hydrogens (tertiary/aromatic N) is 1. The number of rotatable bonds is 4. The predicted molar refractivity (Wildman–Crippen MR) is 78.2 cm³/mol. The molecule has 0 spiro atoms. The molecule has 0 fully saturated rings. The van der Waals surface area contributed by atoms with Gasteiger partial charge in [0, 0.05) is 0 Å². The molecule has 7 heteroatoms. The van der Waals surface area contributed by atoms with Gasteiger partial charge in [-0.2, -0.15) is 5.10 Å². The normalized spacial score (nSPS) is 10.8. The molecule has 1 aromatic carbocycles. The first-order chi connectivity index (χ1) is 10.0. The molecule has 0 aliphatic rings. The van der Waals surface area contributed by atoms with Crippen LogP contribution in [0.5, 0.6) is 11.5 Å². The molecule has 0 saturated heterocycles. The van der Waals surface area contributed by atoms with Gasteiger partial charge in [0.15, 0.2) is 17.3 Å². The van der Waals surface area contributed by atoms with Crippen molar-refractivity contribution in [3.63, 3.8) is 0 Å². The highest BCUT2D eigenvalue weighted by atomic mass is 35.5. The molecule has 0 unspecified atom stereocenters. The largest absolute Gasteiger partial charge is 0.503 e. The van der Waals surface area contributed by atoms with E-state index in [2.05, 4.69) is 10.5 Å². The lowest BCUT2D eigenvalue weighted by molar-refractivity contribution is 0.0926. The van der Waals surface area contributed by atoms with Crippen LogP contribution in [-0.4, -0.2) is 24.3 Å². The summed E-state index contributed by atoms with van der Waals surface area (Å²) in [5.41, 5.74) is 2.88. The Morgan fingerprint density at radius 2 is 2.24 bits per heavy atom. The van der Waals surface area contributed by atoms with Crippen molar-refractivity contribution in [2.45, 2.75) is 6.92 Å². The Hall–Kier alpha value is -2.47. The van der Waals surface area contributed by atoms with Crippen molar-refractivity contribution in [1.29, 1.82) is 0 Å². The number of furan rings is 1. The van der Waals surface area contributed by atoms with E-state index in [4.69, 9.17) is 20.8 Å². The second-order valence-corrected chi connectivity index (χ2v) is 4.57. The maximum atomic E-state index is 11.7. The van der Waals surface area contributed by atoms with Gasteiger partial charge in [0.05, 0.1) is 18.3 Å². The lowest BCUT2D eigenvalue weighted by atomic mass is 10.2. The molecule has 1 aromatic heterocycles. The van der Waals surface area contributed by atoms with Gasteiger partial charge in [-0.05, 0) is 36.8 Å². The summed E-state index contributed by atoms with van der Waals surface area (Å²) in [6.07, 6.45) is 1.38. The number of ether oxygens (including phenoxy) is 1. The minimum Gasteiger partial charge on any atom is -0.503 e. The molecule has 0 atom stereocenters. The highest BCUT2D eigenvalue weighted by molar-refractivity contribution is 6.32. The molecule has 1 amide bonds. The van der Waals surface area contributed by atoms with Crippen LogP contribution in [0.15, 0.2) is 33.8 Å². The zero-order valence-corrected chi connectivity index (χ0v) is 12.1. The van der Waals surface area contributed by atoms with Crippen LogP contribution in [-0.2, 0) is 0 Å². The molecule has 2 aromatic rings. The average Bonchev–Trinajstić information content (AvgIpc) is 2.89. The number of aryl methyl sites for hydroxylation is 1. The molecule has 21 heavy (non-hydrogen) atoms. The molecule has 1 heterocycles. The van der Waals surface area contributed by atoms with E-state index in [-0.39, 0.29) is 22.3 Å². The molecule has 0 aliphatic heterocycles. The first-order valence-electron chi connectivity index (χ1n) is 5.97. The Balaban J connectivity index is 2.08. The van der Waals surface area contributed by atoms with Crippen LogP contribution in [0.4, 0.5) is 0 Å². The first kappa shape index (κ1) is 14.9. The summed E-state index contributed by atoms with van der Waals surface area (Å²) in [7, 11) is 1.41. The lowest BCUT2D eigenvalue weighted by Gasteiger charge is -2.05. The van der Waals surface area contributed by atoms with E-state index in [0.717, 1.165) is 0 Å². The number of methoxy groups -OCH3 is 1. The van der Waals surface area contributed by atoms with Crippen LogP contribution in [0.3, 0.4) is 0 Å². The number of carbonyl (C=O) groups excluding carboxylic acids is 1. The number of hydrogen-bond acceptors (Lipinski definition) is 5. The van der Waals surface area contributed by atoms with E-state index < -0.39 is 5.91 Å². The van der Waals surface area contributed by atoms with E-state index in [0.29, 0.717) is 11.3 Å². The third kappa shape index (κ3) is 3.55. The van der Waals surface area contributed by atoms with Crippen molar-refractivity contribution >= 4 is 23.7 Å². The lowest BCUT2D eigenvalue weighted by Crippen LogP contribution is -2.16. The molecule has 6 nitrogen and oxygen atoms in total. The van der Waals surface area contributed by atoms with Gasteiger partial charge in [0.25, 0.3) is 0 Å². The maximum absolute atomic E-state index is 11.7. The van der Waals surface area contributed by atoms with Crippen LogP contribution < -0.4 is 10.2 Å². The molecule has 0 aliphatic carbocycles. The number of benzene rings is 1. The van der Waals surface area contributed by atoms with E-state index in [1.165, 1.54) is 25.5 Å². The van der Waals surface area contributed by atoms with Crippen LogP contribution in [0.25, 0.3) is 0 Å². The molecule has 0 bridgehead atoms. The molecule has 0 radical (unpaired) electrons. The molecule has 2 N–H and O–H groups in total. The van der Waals surface area contributed by atoms with E-state index >= 15 is 0 Å². The minimum absolute atomic E-state index is 0.129. The number of nitrogens with one attached hydrogen (secondary N) is 1. The Kier molecular flexibility index (Phi) is 4.49. The zero-order valence-electron chi connectivity index (χ0n) is 11.4. The Labute approximate surface area is 126 Å². The Morgan fingerprint density at radius 1 is 1.48 bits per heavy atom. The van der Waals surface area contributed by atoms with E-state index in [1.54, 1.807) is 19.1 Å². The van der Waals surface area contributed by atoms with Crippen molar-refractivity contribution in [3.05, 3.63) is 46.4 Å². The first-order valence-corrected chi connectivity index (χ1v) is 6.35. The van der Waals surface area contributed by atoms with Gasteiger partial charge in [-0.3, -0.25) is 4.79 Å². The van der Waals surface area contributed by atoms with Gasteiger partial charge in [0.2, 0.25) is 0 Å². The molecule has 0 saturated carbocycles. The van der Waals surface area contributed by atoms with Crippen molar-refractivity contribution in [1.82, 2.24) is 5.43 Å². The number of phenols is 1. The SMILES string of the molecule is COc1cc(/C=N\NC(=O)c2ccc(C)o2)cc(Cl)c1O. The summed E-state index contributed by atoms with van der Waals surface area (Å²) in [6.45, 7) is 1.74. The monoisotopic (exact) mass is 308 g/mol. The number of hydrogen-bond donors (Lipinski definition) is 2. The summed E-state index contributed by atoms with van der Waals surface area (Å²) in [4.78, 5) is 11.7. The number of halogens is 1. The third-order valence-electron chi connectivity index (χ3n) is 2.61. The maximum Gasteiger partial charge on any atom is 0.307 e. The molecule has 110 valence electrons. The standard InChI is InChI=1S/C14H13ClN2O4/c1-8-3-4-11(21-8)14(19)17-16-7-9-5-10(15)13(18)12(6-9)20-2/h3-7,18H,1-2H3,(H,17,19)/b16-7-. The third-order valence-corrected chi connectivity index (χ3v) is 2.90. The van der Waals surface area contributed by atoms with Gasteiger partial charge < -0.3 is 14.3 Å². The smallest absolute Gasteiger partial charge is 0.307 e. The van der Waals surface area contributed by atoms with Gasteiger partial charge in [-0.25, -0.2) is 5.43 Å². The quantitative estimate of drug-likeness (QED) is 0.672. The predicted octanol–water partition coefficient (Wildman–Crippen LogP) is 2.72. The van der Waals surface area contributed by atoms with Crippen LogP contribution in [0.2, 0.25) is 5.02 Å². The fourth-order valence-electron chi connectivity index (χ4n) is 1.60. The fraction of sp³-hybridized carbons (Fsp3) is 0.143. The highest BCUT2D eigenvalue weighted by Crippen LogP contribution is 2.34. The fourth-order valence-corrected chi connectivity index (χ4v) is 1.82. The van der Waals surface area contributed by atoms with Gasteiger partial charge in [0.1, 0.15) is 5.76 Å². The molecular weight excluding hydrogens is 296 g/mol. The number of hydrazone groups is 1. The van der Waals surface area contributed by atoms with Crippen molar-refractivity contribution in [3.8, 4) is 11.5 Å². The second kappa shape index (κ2) is 6.32. The van der Waals surface area contributed by atoms with Crippen molar-refractivity contribution in [2.24, 2.45) is 5.10 Å². The van der Waals surface area contributed by atoms with Gasteiger partial charge in [-0.1, -0.05) is 11.6 Å².